The summed E-state index contributed by atoms with van der Waals surface area (Å²) in [6.45, 7) is 12.7. The van der Waals surface area contributed by atoms with Crippen molar-refractivity contribution in [1.82, 2.24) is 4.90 Å². The molecule has 2 atom stereocenters. The van der Waals surface area contributed by atoms with Gasteiger partial charge in [-0.15, -0.1) is 0 Å². The van der Waals surface area contributed by atoms with Crippen LogP contribution in [-0.2, 0) is 13.9 Å². The molecule has 164 valence electrons. The zero-order chi connectivity index (χ0) is 21.8. The fourth-order valence-electron chi connectivity index (χ4n) is 4.89. The van der Waals surface area contributed by atoms with E-state index in [4.69, 9.17) is 13.9 Å². The third kappa shape index (κ3) is 3.25. The first-order valence-electron chi connectivity index (χ1n) is 10.8. The summed E-state index contributed by atoms with van der Waals surface area (Å²) in [5.41, 5.74) is 9.67. The second-order valence-electron chi connectivity index (χ2n) is 10.3. The highest BCUT2D eigenvalue weighted by molar-refractivity contribution is 6.74. The number of amides is 1. The molecule has 0 radical (unpaired) electrons. The first-order chi connectivity index (χ1) is 14.0. The van der Waals surface area contributed by atoms with Crippen molar-refractivity contribution in [3.63, 3.8) is 0 Å². The normalized spacial score (nSPS) is 28.2. The van der Waals surface area contributed by atoms with Gasteiger partial charge in [-0.25, -0.2) is 0 Å². The molecule has 1 spiro atoms. The maximum absolute atomic E-state index is 13.5. The highest BCUT2D eigenvalue weighted by Crippen LogP contribution is 2.54. The summed E-state index contributed by atoms with van der Waals surface area (Å²) in [5.74, 6) is -0.893. The van der Waals surface area contributed by atoms with Crippen LogP contribution < -0.4 is 5.11 Å². The number of para-hydroxylation sites is 1. The third-order valence-corrected chi connectivity index (χ3v) is 12.0. The van der Waals surface area contributed by atoms with Gasteiger partial charge in [-0.05, 0) is 30.6 Å². The molecule has 2 saturated heterocycles. The van der Waals surface area contributed by atoms with E-state index < -0.39 is 19.7 Å². The van der Waals surface area contributed by atoms with Gasteiger partial charge in [-0.1, -0.05) is 32.9 Å². The minimum absolute atomic E-state index is 0.0271. The van der Waals surface area contributed by atoms with Gasteiger partial charge in [0.2, 0.25) is 5.69 Å². The Morgan fingerprint density at radius 2 is 1.93 bits per heavy atom. The van der Waals surface area contributed by atoms with Crippen LogP contribution in [0, 0.1) is 0 Å². The molecule has 0 unspecified atom stereocenters. The van der Waals surface area contributed by atoms with E-state index in [1.807, 2.05) is 11.0 Å². The standard InChI is InChI=1S/C22H33N3O4Si/c1-20(2,3)30(4,5)29-21-14-16(10-11-22(21)27-12-13-28-22)25(15-21)19(26)17-8-6-7-9-18(17)24-23/h6-9,16,24H,10-15H2,1-5H3/t16-,21-/m1/s1. The van der Waals surface area contributed by atoms with Crippen molar-refractivity contribution < 1.29 is 23.8 Å². The number of carbonyl (C=O) groups excluding carboxylic acids is 1. The van der Waals surface area contributed by atoms with Crippen LogP contribution in [0.25, 0.3) is 5.53 Å². The lowest BCUT2D eigenvalue weighted by atomic mass is 9.80. The molecule has 2 bridgehead atoms. The van der Waals surface area contributed by atoms with E-state index in [-0.39, 0.29) is 17.0 Å². The van der Waals surface area contributed by atoms with Gasteiger partial charge in [0.1, 0.15) is 11.2 Å². The summed E-state index contributed by atoms with van der Waals surface area (Å²) < 4.78 is 19.5. The molecule has 2 aliphatic heterocycles. The summed E-state index contributed by atoms with van der Waals surface area (Å²) in [4.78, 5) is 15.4. The Kier molecular flexibility index (Phi) is 5.20. The van der Waals surface area contributed by atoms with Gasteiger partial charge in [-0.3, -0.25) is 9.91 Å². The topological polar surface area (TPSA) is 84.3 Å². The van der Waals surface area contributed by atoms with Crippen molar-refractivity contribution in [2.24, 2.45) is 0 Å². The Bertz CT molecular complexity index is 847. The van der Waals surface area contributed by atoms with Crippen molar-refractivity contribution in [3.05, 3.63) is 35.4 Å². The van der Waals surface area contributed by atoms with Crippen LogP contribution in [0.4, 0.5) is 5.69 Å². The molecule has 1 saturated carbocycles. The molecular formula is C22H33N3O4Si. The van der Waals surface area contributed by atoms with Gasteiger partial charge in [0.25, 0.3) is 5.91 Å². The number of benzene rings is 1. The Morgan fingerprint density at radius 1 is 1.27 bits per heavy atom. The van der Waals surface area contributed by atoms with Crippen molar-refractivity contribution in [2.75, 3.05) is 19.8 Å². The minimum atomic E-state index is -2.16. The van der Waals surface area contributed by atoms with Crippen LogP contribution in [-0.4, -0.2) is 56.3 Å². The molecule has 3 aliphatic rings. The van der Waals surface area contributed by atoms with E-state index in [2.05, 4.69) is 39.0 Å². The molecule has 1 amide bonds. The maximum Gasteiger partial charge on any atom is 0.260 e. The number of ether oxygens (including phenoxy) is 2. The molecule has 7 nitrogen and oxygen atoms in total. The SMILES string of the molecule is CC(C)(C)[Si](C)(C)O[C@@]12C[C@@H](CCC13OCCO3)N(C(=O)c1ccccc1[NH+]=[N-])C2. The van der Waals surface area contributed by atoms with E-state index in [0.29, 0.717) is 37.4 Å². The van der Waals surface area contributed by atoms with Crippen molar-refractivity contribution >= 4 is 19.9 Å². The number of nitrogens with one attached hydrogen (secondary N) is 1. The molecule has 1 aromatic carbocycles. The largest absolute Gasteiger partial charge is 0.502 e. The Labute approximate surface area is 179 Å². The molecule has 2 heterocycles. The van der Waals surface area contributed by atoms with Gasteiger partial charge in [-0.2, -0.15) is 0 Å². The van der Waals surface area contributed by atoms with E-state index in [9.17, 15) is 10.3 Å². The van der Waals surface area contributed by atoms with Crippen molar-refractivity contribution in [1.29, 1.82) is 0 Å². The quantitative estimate of drug-likeness (QED) is 0.587. The van der Waals surface area contributed by atoms with Gasteiger partial charge in [0.15, 0.2) is 14.1 Å². The van der Waals surface area contributed by atoms with Gasteiger partial charge >= 0.3 is 0 Å². The molecule has 1 aliphatic carbocycles. The number of hydrogen-bond acceptors (Lipinski definition) is 4. The van der Waals surface area contributed by atoms with Gasteiger partial charge < -0.3 is 24.3 Å². The van der Waals surface area contributed by atoms with Crippen LogP contribution in [0.1, 0.15) is 50.4 Å². The summed E-state index contributed by atoms with van der Waals surface area (Å²) in [6.07, 6.45) is 2.24. The Balaban J connectivity index is 1.72. The lowest BCUT2D eigenvalue weighted by Crippen LogP contribution is -2.64. The molecule has 1 aromatic rings. The van der Waals surface area contributed by atoms with Crippen molar-refractivity contribution in [3.8, 4) is 0 Å². The summed E-state index contributed by atoms with van der Waals surface area (Å²) in [7, 11) is -2.16. The van der Waals surface area contributed by atoms with E-state index in [1.165, 1.54) is 0 Å². The monoisotopic (exact) mass is 431 g/mol. The summed E-state index contributed by atoms with van der Waals surface area (Å²) in [6, 6.07) is 7.09. The number of hydrogen-bond donors (Lipinski definition) is 1. The maximum atomic E-state index is 13.5. The first-order valence-corrected chi connectivity index (χ1v) is 13.7. The zero-order valence-corrected chi connectivity index (χ0v) is 19.7. The van der Waals surface area contributed by atoms with E-state index in [1.54, 1.807) is 18.2 Å². The lowest BCUT2D eigenvalue weighted by Gasteiger charge is -2.51. The average molecular weight is 432 g/mol. The summed E-state index contributed by atoms with van der Waals surface area (Å²) >= 11 is 0. The van der Waals surface area contributed by atoms with Crippen molar-refractivity contribution in [2.45, 2.75) is 75.6 Å². The van der Waals surface area contributed by atoms with Gasteiger partial charge in [0.05, 0.1) is 19.8 Å². The minimum Gasteiger partial charge on any atom is -0.502 e. The number of likely N-dealkylation sites (tertiary alicyclic amines) is 1. The Hall–Kier alpha value is -1.61. The molecule has 1 N–H and O–H groups in total. The second kappa shape index (κ2) is 7.22. The van der Waals surface area contributed by atoms with E-state index >= 15 is 0 Å². The number of nitrogens with zero attached hydrogens (tertiary/aromatic N) is 2. The fourth-order valence-corrected chi connectivity index (χ4v) is 6.48. The predicted octanol–water partition coefficient (Wildman–Crippen LogP) is 2.93. The molecule has 3 fully saturated rings. The first kappa shape index (κ1) is 21.6. The highest BCUT2D eigenvalue weighted by Gasteiger charge is 2.67. The summed E-state index contributed by atoms with van der Waals surface area (Å²) in [5, 5.41) is 2.18. The second-order valence-corrected chi connectivity index (χ2v) is 15.0. The number of fused-ring (bicyclic) bond motifs is 3. The highest BCUT2D eigenvalue weighted by atomic mass is 28.4. The van der Waals surface area contributed by atoms with Crippen LogP contribution >= 0.6 is 0 Å². The number of rotatable bonds is 4. The molecule has 8 heteroatoms. The molecule has 4 rings (SSSR count). The van der Waals surface area contributed by atoms with Crippen LogP contribution in [0.15, 0.2) is 24.3 Å². The number of carbonyl (C=O) groups is 1. The zero-order valence-electron chi connectivity index (χ0n) is 18.7. The van der Waals surface area contributed by atoms with Crippen LogP contribution in [0.2, 0.25) is 18.1 Å². The van der Waals surface area contributed by atoms with Crippen LogP contribution in [0.5, 0.6) is 0 Å². The fraction of sp³-hybridized carbons (Fsp3) is 0.682. The third-order valence-electron chi connectivity index (χ3n) is 7.48. The average Bonchev–Trinajstić information content (AvgIpc) is 3.28. The lowest BCUT2D eigenvalue weighted by molar-refractivity contribution is -0.380. The smallest absolute Gasteiger partial charge is 0.260 e. The molecule has 30 heavy (non-hydrogen) atoms. The van der Waals surface area contributed by atoms with E-state index in [0.717, 1.165) is 12.8 Å². The van der Waals surface area contributed by atoms with Gasteiger partial charge in [0, 0.05) is 24.9 Å². The van der Waals surface area contributed by atoms with Crippen LogP contribution in [0.3, 0.4) is 0 Å². The predicted molar refractivity (Wildman–Crippen MR) is 115 cm³/mol. The molecule has 0 aromatic heterocycles. The Morgan fingerprint density at radius 3 is 2.57 bits per heavy atom. The molecular weight excluding hydrogens is 398 g/mol.